The zero-order valence-electron chi connectivity index (χ0n) is 7.21. The van der Waals surface area contributed by atoms with E-state index in [1.165, 1.54) is 0 Å². The minimum absolute atomic E-state index is 0.345. The number of carbonyl (C=O) groups is 2. The highest BCUT2D eigenvalue weighted by molar-refractivity contribution is 6.83. The van der Waals surface area contributed by atoms with Gasteiger partial charge in [-0.25, -0.2) is 0 Å². The molecule has 0 heterocycles. The zero-order valence-corrected chi connectivity index (χ0v) is 7.97. The second-order valence-electron chi connectivity index (χ2n) is 2.65. The Bertz CT molecular complexity index is 327. The lowest BCUT2D eigenvalue weighted by atomic mass is 10.1. The Hall–Kier alpha value is -1.15. The molecule has 0 N–H and O–H groups in total. The van der Waals surface area contributed by atoms with Crippen molar-refractivity contribution in [2.45, 2.75) is 13.3 Å². The molecule has 0 aromatic heterocycles. The van der Waals surface area contributed by atoms with E-state index in [1.54, 1.807) is 12.1 Å². The Morgan fingerprint density at radius 3 is 2.15 bits per heavy atom. The Morgan fingerprint density at radius 2 is 1.77 bits per heavy atom. The number of hydrogen-bond acceptors (Lipinski definition) is 2. The topological polar surface area (TPSA) is 34.1 Å². The van der Waals surface area contributed by atoms with E-state index >= 15 is 0 Å². The molecule has 0 aliphatic rings. The van der Waals surface area contributed by atoms with E-state index in [2.05, 4.69) is 0 Å². The van der Waals surface area contributed by atoms with Gasteiger partial charge < -0.3 is 0 Å². The van der Waals surface area contributed by atoms with Gasteiger partial charge in [-0.1, -0.05) is 31.2 Å². The summed E-state index contributed by atoms with van der Waals surface area (Å²) in [5.74, 6) is -0.649. The summed E-state index contributed by atoms with van der Waals surface area (Å²) in [5.41, 5.74) is 1.47. The quantitative estimate of drug-likeness (QED) is 0.422. The van der Waals surface area contributed by atoms with Crippen molar-refractivity contribution < 1.29 is 9.59 Å². The highest BCUT2D eigenvalue weighted by Gasteiger charge is 2.12. The molecule has 0 bridgehead atoms. The minimum atomic E-state index is -0.941. The molecule has 2 nitrogen and oxygen atoms in total. The van der Waals surface area contributed by atoms with E-state index in [0.29, 0.717) is 5.56 Å². The molecular formula is C10H9ClO2. The van der Waals surface area contributed by atoms with E-state index in [1.807, 2.05) is 19.1 Å². The molecule has 0 saturated heterocycles. The average Bonchev–Trinajstić information content (AvgIpc) is 2.17. The summed E-state index contributed by atoms with van der Waals surface area (Å²) in [6.45, 7) is 2.02. The van der Waals surface area contributed by atoms with Gasteiger partial charge in [0, 0.05) is 5.56 Å². The summed E-state index contributed by atoms with van der Waals surface area (Å²) in [6, 6.07) is 6.85. The van der Waals surface area contributed by atoms with Crippen molar-refractivity contribution in [1.82, 2.24) is 0 Å². The predicted molar refractivity (Wildman–Crippen MR) is 51.0 cm³/mol. The number of carbonyl (C=O) groups excluding carboxylic acids is 2. The van der Waals surface area contributed by atoms with Crippen molar-refractivity contribution >= 4 is 22.6 Å². The first kappa shape index (κ1) is 9.93. The Balaban J connectivity index is 2.92. The molecule has 0 radical (unpaired) electrons. The fourth-order valence-corrected chi connectivity index (χ4v) is 1.11. The van der Waals surface area contributed by atoms with Crippen molar-refractivity contribution in [2.24, 2.45) is 0 Å². The number of aryl methyl sites for hydroxylation is 1. The van der Waals surface area contributed by atoms with Crippen molar-refractivity contribution in [2.75, 3.05) is 0 Å². The van der Waals surface area contributed by atoms with Crippen molar-refractivity contribution in [3.8, 4) is 0 Å². The molecule has 0 saturated carbocycles. The normalized spacial score (nSPS) is 9.69. The summed E-state index contributed by atoms with van der Waals surface area (Å²) in [5, 5.41) is -0.941. The molecule has 1 aromatic carbocycles. The lowest BCUT2D eigenvalue weighted by Crippen LogP contribution is -2.06. The summed E-state index contributed by atoms with van der Waals surface area (Å²) in [6.07, 6.45) is 0.906. The van der Waals surface area contributed by atoms with Crippen LogP contribution in [0.25, 0.3) is 0 Å². The van der Waals surface area contributed by atoms with Crippen LogP contribution in [-0.4, -0.2) is 11.0 Å². The lowest BCUT2D eigenvalue weighted by molar-refractivity contribution is -0.108. The smallest absolute Gasteiger partial charge is 0.284 e. The van der Waals surface area contributed by atoms with Crippen LogP contribution in [0.1, 0.15) is 22.8 Å². The maximum atomic E-state index is 11.1. The fraction of sp³-hybridized carbons (Fsp3) is 0.200. The molecule has 0 spiro atoms. The van der Waals surface area contributed by atoms with Crippen molar-refractivity contribution in [3.05, 3.63) is 35.4 Å². The first-order chi connectivity index (χ1) is 6.15. The van der Waals surface area contributed by atoms with Gasteiger partial charge in [0.2, 0.25) is 5.78 Å². The summed E-state index contributed by atoms with van der Waals surface area (Å²) < 4.78 is 0. The van der Waals surface area contributed by atoms with Gasteiger partial charge in [0.25, 0.3) is 5.24 Å². The van der Waals surface area contributed by atoms with Crippen molar-refractivity contribution in [3.63, 3.8) is 0 Å². The fourth-order valence-electron chi connectivity index (χ4n) is 1.01. The summed E-state index contributed by atoms with van der Waals surface area (Å²) >= 11 is 5.05. The number of halogens is 1. The second-order valence-corrected chi connectivity index (χ2v) is 3.00. The Labute approximate surface area is 81.5 Å². The van der Waals surface area contributed by atoms with Gasteiger partial charge >= 0.3 is 0 Å². The predicted octanol–water partition coefficient (Wildman–Crippen LogP) is 2.20. The summed E-state index contributed by atoms with van der Waals surface area (Å²) in [4.78, 5) is 21.6. The summed E-state index contributed by atoms with van der Waals surface area (Å²) in [7, 11) is 0. The van der Waals surface area contributed by atoms with Gasteiger partial charge in [-0.05, 0) is 23.6 Å². The van der Waals surface area contributed by atoms with E-state index < -0.39 is 11.0 Å². The maximum Gasteiger partial charge on any atom is 0.293 e. The molecule has 0 fully saturated rings. The van der Waals surface area contributed by atoms with Gasteiger partial charge in [0.05, 0.1) is 0 Å². The SMILES string of the molecule is CCc1ccc(C(=O)C(=O)Cl)cc1. The first-order valence-corrected chi connectivity index (χ1v) is 4.36. The van der Waals surface area contributed by atoms with Gasteiger partial charge in [-0.15, -0.1) is 0 Å². The number of hydrogen-bond donors (Lipinski definition) is 0. The third-order valence-corrected chi connectivity index (χ3v) is 1.97. The van der Waals surface area contributed by atoms with Gasteiger partial charge in [0.15, 0.2) is 0 Å². The Kier molecular flexibility index (Phi) is 3.20. The average molecular weight is 197 g/mol. The molecule has 13 heavy (non-hydrogen) atoms. The largest absolute Gasteiger partial charge is 0.293 e. The van der Waals surface area contributed by atoms with Gasteiger partial charge in [-0.3, -0.25) is 9.59 Å². The van der Waals surface area contributed by atoms with Gasteiger partial charge in [0.1, 0.15) is 0 Å². The van der Waals surface area contributed by atoms with Crippen LogP contribution in [0.2, 0.25) is 0 Å². The van der Waals surface area contributed by atoms with Crippen LogP contribution in [-0.2, 0) is 11.2 Å². The van der Waals surface area contributed by atoms with Crippen LogP contribution in [0.5, 0.6) is 0 Å². The number of Topliss-reactive ketones (excluding diaryl/α,β-unsaturated/α-hetero) is 1. The Morgan fingerprint density at radius 1 is 1.23 bits per heavy atom. The van der Waals surface area contributed by atoms with Crippen LogP contribution < -0.4 is 0 Å². The molecule has 0 atom stereocenters. The van der Waals surface area contributed by atoms with Gasteiger partial charge in [-0.2, -0.15) is 0 Å². The highest BCUT2D eigenvalue weighted by atomic mass is 35.5. The van der Waals surface area contributed by atoms with Crippen LogP contribution in [0, 0.1) is 0 Å². The molecule has 3 heteroatoms. The van der Waals surface area contributed by atoms with E-state index in [-0.39, 0.29) is 0 Å². The number of rotatable bonds is 3. The van der Waals surface area contributed by atoms with Crippen LogP contribution >= 0.6 is 11.6 Å². The van der Waals surface area contributed by atoms with Crippen LogP contribution in [0.3, 0.4) is 0 Å². The lowest BCUT2D eigenvalue weighted by Gasteiger charge is -1.97. The minimum Gasteiger partial charge on any atom is -0.284 e. The second kappa shape index (κ2) is 4.19. The standard InChI is InChI=1S/C10H9ClO2/c1-2-7-3-5-8(6-4-7)9(12)10(11)13/h3-6H,2H2,1H3. The number of benzene rings is 1. The zero-order chi connectivity index (χ0) is 9.84. The van der Waals surface area contributed by atoms with E-state index in [9.17, 15) is 9.59 Å². The van der Waals surface area contributed by atoms with Crippen LogP contribution in [0.15, 0.2) is 24.3 Å². The maximum absolute atomic E-state index is 11.1. The number of ketones is 1. The highest BCUT2D eigenvalue weighted by Crippen LogP contribution is 2.06. The molecule has 0 unspecified atom stereocenters. The molecule has 1 rings (SSSR count). The monoisotopic (exact) mass is 196 g/mol. The third-order valence-electron chi connectivity index (χ3n) is 1.80. The van der Waals surface area contributed by atoms with Crippen LogP contribution in [0.4, 0.5) is 0 Å². The van der Waals surface area contributed by atoms with E-state index in [4.69, 9.17) is 11.6 Å². The molecule has 1 aromatic rings. The third kappa shape index (κ3) is 2.39. The molecule has 0 aliphatic heterocycles. The van der Waals surface area contributed by atoms with Crippen molar-refractivity contribution in [1.29, 1.82) is 0 Å². The molecule has 68 valence electrons. The molecule has 0 aliphatic carbocycles. The van der Waals surface area contributed by atoms with E-state index in [0.717, 1.165) is 12.0 Å². The first-order valence-electron chi connectivity index (χ1n) is 3.98. The molecular weight excluding hydrogens is 188 g/mol. The molecule has 0 amide bonds.